The van der Waals surface area contributed by atoms with Crippen molar-refractivity contribution in [1.29, 1.82) is 0 Å². The smallest absolute Gasteiger partial charge is 0.321 e. The third kappa shape index (κ3) is 12.0. The fraction of sp³-hybridized carbons (Fsp3) is 0.923. The normalized spacial score (nSPS) is 12.6. The molecule has 0 unspecified atom stereocenters. The highest BCUT2D eigenvalue weighted by molar-refractivity contribution is 7.99. The number of carboxylic acid groups (broad SMARTS) is 1. The van der Waals surface area contributed by atoms with Gasteiger partial charge in [-0.2, -0.15) is 11.8 Å². The molecule has 0 amide bonds. The molecule has 0 heterocycles. The highest BCUT2D eigenvalue weighted by Gasteiger charge is 2.10. The third-order valence-electron chi connectivity index (χ3n) is 2.76. The average Bonchev–Trinajstić information content (AvgIpc) is 2.31. The van der Waals surface area contributed by atoms with Crippen LogP contribution in [-0.4, -0.2) is 28.6 Å². The van der Waals surface area contributed by atoms with Crippen LogP contribution in [0.2, 0.25) is 0 Å². The lowest BCUT2D eigenvalue weighted by Crippen LogP contribution is -2.32. The molecule has 0 rings (SSSR count). The van der Waals surface area contributed by atoms with Crippen molar-refractivity contribution >= 4 is 17.7 Å². The van der Waals surface area contributed by atoms with Gasteiger partial charge in [-0.1, -0.05) is 51.9 Å². The average molecular weight is 261 g/mol. The van der Waals surface area contributed by atoms with Gasteiger partial charge in [-0.15, -0.1) is 0 Å². The van der Waals surface area contributed by atoms with Gasteiger partial charge in [-0.05, 0) is 12.2 Å². The van der Waals surface area contributed by atoms with Gasteiger partial charge in [0.05, 0.1) is 0 Å². The van der Waals surface area contributed by atoms with E-state index in [0.717, 1.165) is 5.75 Å². The molecule has 0 bridgehead atoms. The molecular formula is C13H27NO2S. The molecule has 0 radical (unpaired) electrons. The minimum atomic E-state index is -0.895. The van der Waals surface area contributed by atoms with E-state index in [9.17, 15) is 4.79 Å². The van der Waals surface area contributed by atoms with Crippen LogP contribution in [0.15, 0.2) is 0 Å². The predicted molar refractivity (Wildman–Crippen MR) is 75.5 cm³/mol. The van der Waals surface area contributed by atoms with E-state index in [4.69, 9.17) is 10.8 Å². The van der Waals surface area contributed by atoms with Crippen LogP contribution in [0.5, 0.6) is 0 Å². The summed E-state index contributed by atoms with van der Waals surface area (Å²) < 4.78 is 0. The lowest BCUT2D eigenvalue weighted by Gasteiger charge is -2.05. The molecule has 3 nitrogen and oxygen atoms in total. The summed E-state index contributed by atoms with van der Waals surface area (Å²) in [5, 5.41) is 8.59. The topological polar surface area (TPSA) is 63.3 Å². The van der Waals surface area contributed by atoms with Gasteiger partial charge in [0.2, 0.25) is 0 Å². The quantitative estimate of drug-likeness (QED) is 0.529. The summed E-state index contributed by atoms with van der Waals surface area (Å²) >= 11 is 1.66. The molecule has 4 heteroatoms. The summed E-state index contributed by atoms with van der Waals surface area (Å²) in [5.41, 5.74) is 5.41. The Kier molecular flexibility index (Phi) is 12.1. The summed E-state index contributed by atoms with van der Waals surface area (Å²) in [6, 6.07) is -0.700. The highest BCUT2D eigenvalue weighted by atomic mass is 32.2. The number of hydrogen-bond donors (Lipinski definition) is 2. The maximum Gasteiger partial charge on any atom is 0.321 e. The van der Waals surface area contributed by atoms with Crippen LogP contribution in [0.3, 0.4) is 0 Å². The Balaban J connectivity index is 3.06. The fourth-order valence-corrected chi connectivity index (χ4v) is 2.59. The number of rotatable bonds is 12. The summed E-state index contributed by atoms with van der Waals surface area (Å²) in [4.78, 5) is 10.5. The molecule has 17 heavy (non-hydrogen) atoms. The zero-order valence-electron chi connectivity index (χ0n) is 11.0. The van der Waals surface area contributed by atoms with E-state index >= 15 is 0 Å². The maximum absolute atomic E-state index is 10.5. The van der Waals surface area contributed by atoms with Gasteiger partial charge < -0.3 is 10.8 Å². The Bertz CT molecular complexity index is 188. The van der Waals surface area contributed by atoms with E-state index in [1.807, 2.05) is 0 Å². The summed E-state index contributed by atoms with van der Waals surface area (Å²) in [6.45, 7) is 2.24. The molecule has 0 aliphatic rings. The second-order valence-electron chi connectivity index (χ2n) is 4.49. The Hall–Kier alpha value is -0.220. The van der Waals surface area contributed by atoms with E-state index in [1.54, 1.807) is 11.8 Å². The first-order valence-corrected chi connectivity index (χ1v) is 7.90. The van der Waals surface area contributed by atoms with Crippen LogP contribution >= 0.6 is 11.8 Å². The first kappa shape index (κ1) is 16.8. The van der Waals surface area contributed by atoms with Gasteiger partial charge in [0.1, 0.15) is 6.04 Å². The van der Waals surface area contributed by atoms with Crippen molar-refractivity contribution < 1.29 is 9.90 Å². The standard InChI is InChI=1S/C13H27NO2S/c1-2-3-4-5-6-7-8-9-10-17-11-12(14)13(15)16/h12H,2-11,14H2,1H3,(H,15,16)/t12-/m1/s1. The Morgan fingerprint density at radius 2 is 1.65 bits per heavy atom. The molecule has 0 aromatic heterocycles. The molecule has 0 saturated carbocycles. The predicted octanol–water partition coefficient (Wildman–Crippen LogP) is 3.27. The molecule has 0 saturated heterocycles. The largest absolute Gasteiger partial charge is 0.480 e. The fourth-order valence-electron chi connectivity index (χ4n) is 1.62. The van der Waals surface area contributed by atoms with Crippen LogP contribution in [0.4, 0.5) is 0 Å². The lowest BCUT2D eigenvalue weighted by molar-refractivity contribution is -0.137. The Labute approximate surface area is 110 Å². The van der Waals surface area contributed by atoms with E-state index in [-0.39, 0.29) is 0 Å². The molecule has 102 valence electrons. The second-order valence-corrected chi connectivity index (χ2v) is 5.64. The second kappa shape index (κ2) is 12.2. The first-order chi connectivity index (χ1) is 8.18. The molecular weight excluding hydrogens is 234 g/mol. The van der Waals surface area contributed by atoms with Crippen molar-refractivity contribution in [2.45, 2.75) is 64.3 Å². The highest BCUT2D eigenvalue weighted by Crippen LogP contribution is 2.11. The van der Waals surface area contributed by atoms with Crippen molar-refractivity contribution in [3.63, 3.8) is 0 Å². The van der Waals surface area contributed by atoms with E-state index in [2.05, 4.69) is 6.92 Å². The Morgan fingerprint density at radius 1 is 1.12 bits per heavy atom. The van der Waals surface area contributed by atoms with E-state index in [1.165, 1.54) is 51.4 Å². The van der Waals surface area contributed by atoms with Gasteiger partial charge in [0.25, 0.3) is 0 Å². The summed E-state index contributed by atoms with van der Waals surface area (Å²) in [5.74, 6) is 0.676. The van der Waals surface area contributed by atoms with E-state index < -0.39 is 12.0 Å². The number of unbranched alkanes of at least 4 members (excludes halogenated alkanes) is 7. The monoisotopic (exact) mass is 261 g/mol. The lowest BCUT2D eigenvalue weighted by atomic mass is 10.1. The minimum Gasteiger partial charge on any atom is -0.480 e. The first-order valence-electron chi connectivity index (χ1n) is 6.74. The summed E-state index contributed by atoms with van der Waals surface area (Å²) in [7, 11) is 0. The molecule has 3 N–H and O–H groups in total. The molecule has 0 fully saturated rings. The van der Waals surface area contributed by atoms with Crippen LogP contribution in [0.25, 0.3) is 0 Å². The van der Waals surface area contributed by atoms with Crippen LogP contribution in [0, 0.1) is 0 Å². The van der Waals surface area contributed by atoms with Crippen molar-refractivity contribution in [3.8, 4) is 0 Å². The van der Waals surface area contributed by atoms with Crippen molar-refractivity contribution in [3.05, 3.63) is 0 Å². The molecule has 1 atom stereocenters. The van der Waals surface area contributed by atoms with E-state index in [0.29, 0.717) is 5.75 Å². The van der Waals surface area contributed by atoms with Crippen LogP contribution < -0.4 is 5.73 Å². The van der Waals surface area contributed by atoms with Gasteiger partial charge in [-0.3, -0.25) is 4.79 Å². The number of aliphatic carboxylic acids is 1. The third-order valence-corrected chi connectivity index (χ3v) is 3.93. The number of nitrogens with two attached hydrogens (primary N) is 1. The number of hydrogen-bond acceptors (Lipinski definition) is 3. The van der Waals surface area contributed by atoms with Crippen LogP contribution in [-0.2, 0) is 4.79 Å². The minimum absolute atomic E-state index is 0.534. The molecule has 0 aromatic rings. The van der Waals surface area contributed by atoms with Crippen LogP contribution in [0.1, 0.15) is 58.3 Å². The van der Waals surface area contributed by atoms with Gasteiger partial charge in [-0.25, -0.2) is 0 Å². The molecule has 0 aromatic carbocycles. The number of carboxylic acids is 1. The van der Waals surface area contributed by atoms with Crippen molar-refractivity contribution in [2.24, 2.45) is 5.73 Å². The zero-order chi connectivity index (χ0) is 12.9. The van der Waals surface area contributed by atoms with Gasteiger partial charge in [0, 0.05) is 5.75 Å². The zero-order valence-corrected chi connectivity index (χ0v) is 11.8. The molecule has 0 aliphatic carbocycles. The van der Waals surface area contributed by atoms with Crippen molar-refractivity contribution in [2.75, 3.05) is 11.5 Å². The number of carbonyl (C=O) groups is 1. The molecule has 0 aliphatic heterocycles. The molecule has 0 spiro atoms. The van der Waals surface area contributed by atoms with Crippen molar-refractivity contribution in [1.82, 2.24) is 0 Å². The number of thioether (sulfide) groups is 1. The SMILES string of the molecule is CCCCCCCCCCSC[C@@H](N)C(=O)O. The van der Waals surface area contributed by atoms with Gasteiger partial charge >= 0.3 is 5.97 Å². The summed E-state index contributed by atoms with van der Waals surface area (Å²) in [6.07, 6.45) is 10.5. The van der Waals surface area contributed by atoms with Gasteiger partial charge in [0.15, 0.2) is 0 Å². The Morgan fingerprint density at radius 3 is 2.18 bits per heavy atom. The maximum atomic E-state index is 10.5.